The zero-order valence-electron chi connectivity index (χ0n) is 13.3. The highest BCUT2D eigenvalue weighted by atomic mass is 16.7. The van der Waals surface area contributed by atoms with E-state index in [0.29, 0.717) is 18.6 Å². The van der Waals surface area contributed by atoms with Crippen LogP contribution >= 0.6 is 0 Å². The Morgan fingerprint density at radius 2 is 2.17 bits per heavy atom. The van der Waals surface area contributed by atoms with Crippen molar-refractivity contribution in [2.45, 2.75) is 57.5 Å². The Morgan fingerprint density at radius 3 is 2.87 bits per heavy atom. The Labute approximate surface area is 133 Å². The van der Waals surface area contributed by atoms with E-state index in [2.05, 4.69) is 0 Å². The van der Waals surface area contributed by atoms with Gasteiger partial charge in [0.15, 0.2) is 11.7 Å². The molecule has 0 amide bonds. The maximum atomic E-state index is 12.3. The second-order valence-corrected chi connectivity index (χ2v) is 6.48. The third-order valence-electron chi connectivity index (χ3n) is 4.88. The molecule has 3 aliphatic rings. The number of fused-ring (bicyclic) bond motifs is 2. The van der Waals surface area contributed by atoms with E-state index < -0.39 is 17.8 Å². The van der Waals surface area contributed by atoms with Crippen molar-refractivity contribution < 1.29 is 28.2 Å². The number of hydrogen-bond donors (Lipinski definition) is 0. The number of hydrogen-bond acceptors (Lipinski definition) is 6. The maximum absolute atomic E-state index is 12.3. The number of esters is 2. The number of carbonyl (C=O) groups excluding carboxylic acids is 2. The topological polar surface area (TPSA) is 78.3 Å². The van der Waals surface area contributed by atoms with E-state index in [1.165, 1.54) is 6.92 Å². The average molecular weight is 318 g/mol. The van der Waals surface area contributed by atoms with E-state index in [4.69, 9.17) is 18.6 Å². The molecule has 1 aromatic heterocycles. The minimum absolute atomic E-state index is 0.283. The van der Waals surface area contributed by atoms with E-state index in [1.54, 1.807) is 6.26 Å². The standard InChI is InChI=1S/C17H18O6/c1-8-6-12-13(9(2)7-20-12)14-15-17(23-15,16(19)22-14)5-4-11(8)21-10(3)18/h6-7,11,14-15H,4-5H2,1-3H3/t11-,14-,15-,17+/m1/s1. The van der Waals surface area contributed by atoms with Gasteiger partial charge in [-0.15, -0.1) is 0 Å². The first-order chi connectivity index (χ1) is 10.9. The highest BCUT2D eigenvalue weighted by molar-refractivity contribution is 5.87. The van der Waals surface area contributed by atoms with Crippen LogP contribution in [0.15, 0.2) is 16.3 Å². The number of rotatable bonds is 1. The predicted molar refractivity (Wildman–Crippen MR) is 78.3 cm³/mol. The monoisotopic (exact) mass is 318 g/mol. The van der Waals surface area contributed by atoms with E-state index in [0.717, 1.165) is 16.7 Å². The Morgan fingerprint density at radius 1 is 1.39 bits per heavy atom. The number of carbonyl (C=O) groups is 2. The summed E-state index contributed by atoms with van der Waals surface area (Å²) in [6, 6.07) is 0. The molecule has 4 rings (SSSR count). The predicted octanol–water partition coefficient (Wildman–Crippen LogP) is 2.45. The largest absolute Gasteiger partial charge is 0.464 e. The van der Waals surface area contributed by atoms with Gasteiger partial charge >= 0.3 is 11.9 Å². The molecule has 2 bridgehead atoms. The van der Waals surface area contributed by atoms with Gasteiger partial charge in [0.25, 0.3) is 0 Å². The first kappa shape index (κ1) is 14.5. The molecule has 0 spiro atoms. The molecule has 2 aliphatic heterocycles. The summed E-state index contributed by atoms with van der Waals surface area (Å²) in [7, 11) is 0. The van der Waals surface area contributed by atoms with E-state index in [1.807, 2.05) is 19.9 Å². The first-order valence-electron chi connectivity index (χ1n) is 7.74. The zero-order valence-corrected chi connectivity index (χ0v) is 13.3. The Balaban J connectivity index is 1.81. The highest BCUT2D eigenvalue weighted by Gasteiger charge is 2.73. The summed E-state index contributed by atoms with van der Waals surface area (Å²) in [5.74, 6) is -0.0587. The van der Waals surface area contributed by atoms with Gasteiger partial charge in [-0.3, -0.25) is 4.79 Å². The molecule has 4 atom stereocenters. The summed E-state index contributed by atoms with van der Waals surface area (Å²) < 4.78 is 22.3. The Hall–Kier alpha value is -2.08. The van der Waals surface area contributed by atoms with Crippen molar-refractivity contribution in [2.75, 3.05) is 0 Å². The van der Waals surface area contributed by atoms with Gasteiger partial charge in [0.2, 0.25) is 0 Å². The fourth-order valence-corrected chi connectivity index (χ4v) is 3.63. The fourth-order valence-electron chi connectivity index (χ4n) is 3.63. The van der Waals surface area contributed by atoms with Crippen LogP contribution in [0.25, 0.3) is 6.08 Å². The van der Waals surface area contributed by atoms with Crippen LogP contribution in [0, 0.1) is 6.92 Å². The molecule has 0 N–H and O–H groups in total. The molecule has 3 heterocycles. The third kappa shape index (κ3) is 2.05. The van der Waals surface area contributed by atoms with Crippen LogP contribution in [0.3, 0.4) is 0 Å². The van der Waals surface area contributed by atoms with Gasteiger partial charge < -0.3 is 18.6 Å². The molecule has 0 aromatic carbocycles. The molecule has 6 nitrogen and oxygen atoms in total. The van der Waals surface area contributed by atoms with Crippen LogP contribution in [0.1, 0.15) is 49.7 Å². The normalized spacial score (nSPS) is 34.8. The van der Waals surface area contributed by atoms with Gasteiger partial charge in [0, 0.05) is 12.5 Å². The summed E-state index contributed by atoms with van der Waals surface area (Å²) in [6.07, 6.45) is 3.37. The quantitative estimate of drug-likeness (QED) is 0.584. The molecular formula is C17H18O6. The summed E-state index contributed by atoms with van der Waals surface area (Å²) in [6.45, 7) is 5.19. The van der Waals surface area contributed by atoms with Crippen LogP contribution in [0.5, 0.6) is 0 Å². The lowest BCUT2D eigenvalue weighted by Gasteiger charge is -2.19. The van der Waals surface area contributed by atoms with Gasteiger partial charge in [0.05, 0.1) is 6.26 Å². The minimum Gasteiger partial charge on any atom is -0.464 e. The Kier molecular flexibility index (Phi) is 2.97. The lowest BCUT2D eigenvalue weighted by molar-refractivity contribution is -0.154. The smallest absolute Gasteiger partial charge is 0.342 e. The van der Waals surface area contributed by atoms with Crippen LogP contribution in [0.2, 0.25) is 0 Å². The van der Waals surface area contributed by atoms with Gasteiger partial charge in [-0.2, -0.15) is 0 Å². The molecule has 6 heteroatoms. The lowest BCUT2D eigenvalue weighted by Crippen LogP contribution is -2.26. The summed E-state index contributed by atoms with van der Waals surface area (Å²) in [5.41, 5.74) is 1.74. The van der Waals surface area contributed by atoms with Crippen LogP contribution < -0.4 is 0 Å². The summed E-state index contributed by atoms with van der Waals surface area (Å²) in [5, 5.41) is 0. The summed E-state index contributed by atoms with van der Waals surface area (Å²) >= 11 is 0. The molecule has 1 aromatic rings. The first-order valence-corrected chi connectivity index (χ1v) is 7.74. The van der Waals surface area contributed by atoms with Crippen molar-refractivity contribution in [2.24, 2.45) is 0 Å². The molecule has 0 radical (unpaired) electrons. The second-order valence-electron chi connectivity index (χ2n) is 6.48. The third-order valence-corrected chi connectivity index (χ3v) is 4.88. The van der Waals surface area contributed by atoms with Crippen molar-refractivity contribution in [1.29, 1.82) is 0 Å². The van der Waals surface area contributed by atoms with Gasteiger partial charge in [0.1, 0.15) is 18.0 Å². The Bertz CT molecular complexity index is 729. The number of epoxide rings is 1. The molecule has 2 saturated heterocycles. The van der Waals surface area contributed by atoms with Gasteiger partial charge in [-0.05, 0) is 43.9 Å². The van der Waals surface area contributed by atoms with Gasteiger partial charge in [-0.1, -0.05) is 0 Å². The maximum Gasteiger partial charge on any atom is 0.342 e. The lowest BCUT2D eigenvalue weighted by atomic mass is 9.90. The molecule has 2 fully saturated rings. The van der Waals surface area contributed by atoms with E-state index >= 15 is 0 Å². The zero-order chi connectivity index (χ0) is 16.4. The molecular weight excluding hydrogens is 300 g/mol. The molecule has 0 unspecified atom stereocenters. The van der Waals surface area contributed by atoms with Crippen molar-refractivity contribution in [3.8, 4) is 0 Å². The molecule has 1 aliphatic carbocycles. The average Bonchev–Trinajstić information content (AvgIpc) is 3.03. The number of furan rings is 1. The number of ether oxygens (including phenoxy) is 3. The SMILES string of the molecule is CC(=O)O[C@@H]1CC[C@]23O[C@@H]2[C@H](OC3=O)c2c(C)coc2C=C1C. The van der Waals surface area contributed by atoms with Crippen LogP contribution in [-0.4, -0.2) is 29.7 Å². The van der Waals surface area contributed by atoms with Crippen molar-refractivity contribution >= 4 is 18.0 Å². The molecule has 0 saturated carbocycles. The molecule has 23 heavy (non-hydrogen) atoms. The summed E-state index contributed by atoms with van der Waals surface area (Å²) in [4.78, 5) is 23.7. The van der Waals surface area contributed by atoms with Crippen molar-refractivity contribution in [1.82, 2.24) is 0 Å². The van der Waals surface area contributed by atoms with Crippen LogP contribution in [0.4, 0.5) is 0 Å². The minimum atomic E-state index is -0.887. The number of aryl methyl sites for hydroxylation is 1. The molecule has 122 valence electrons. The second kappa shape index (κ2) is 4.71. The van der Waals surface area contributed by atoms with Crippen molar-refractivity contribution in [3.63, 3.8) is 0 Å². The van der Waals surface area contributed by atoms with Crippen molar-refractivity contribution in [3.05, 3.63) is 28.7 Å². The van der Waals surface area contributed by atoms with Crippen LogP contribution in [-0.2, 0) is 23.8 Å². The van der Waals surface area contributed by atoms with E-state index in [-0.39, 0.29) is 18.0 Å². The fraction of sp³-hybridized carbons (Fsp3) is 0.529. The van der Waals surface area contributed by atoms with E-state index in [9.17, 15) is 9.59 Å². The highest BCUT2D eigenvalue weighted by Crippen LogP contribution is 2.57. The van der Waals surface area contributed by atoms with Gasteiger partial charge in [-0.25, -0.2) is 4.79 Å².